The van der Waals surface area contributed by atoms with Gasteiger partial charge in [-0.25, -0.2) is 4.79 Å². The van der Waals surface area contributed by atoms with Crippen LogP contribution < -0.4 is 20.3 Å². The van der Waals surface area contributed by atoms with Crippen LogP contribution >= 0.6 is 0 Å². The van der Waals surface area contributed by atoms with Crippen molar-refractivity contribution in [1.29, 1.82) is 0 Å². The molecule has 2 aromatic rings. The Labute approximate surface area is 147 Å². The van der Waals surface area contributed by atoms with Gasteiger partial charge in [0, 0.05) is 26.2 Å². The maximum atomic E-state index is 11.2. The molecule has 0 saturated carbocycles. The van der Waals surface area contributed by atoms with Crippen LogP contribution in [0.3, 0.4) is 0 Å². The van der Waals surface area contributed by atoms with Gasteiger partial charge in [0.2, 0.25) is 0 Å². The first-order chi connectivity index (χ1) is 12.1. The number of anilines is 3. The number of nitrogen functional groups attached to an aromatic ring is 1. The van der Waals surface area contributed by atoms with E-state index in [-0.39, 0.29) is 0 Å². The van der Waals surface area contributed by atoms with Crippen molar-refractivity contribution in [3.63, 3.8) is 0 Å². The number of amides is 1. The number of nitrogens with zero attached hydrogens (tertiary/aromatic N) is 2. The van der Waals surface area contributed by atoms with Crippen LogP contribution in [-0.2, 0) is 0 Å². The Hall–Kier alpha value is -2.89. The van der Waals surface area contributed by atoms with Gasteiger partial charge in [-0.2, -0.15) is 0 Å². The van der Waals surface area contributed by atoms with Gasteiger partial charge in [0.15, 0.2) is 5.75 Å². The molecule has 0 unspecified atom stereocenters. The third-order valence-corrected chi connectivity index (χ3v) is 4.44. The smallest absolute Gasteiger partial charge is 0.411 e. The maximum Gasteiger partial charge on any atom is 0.411 e. The summed E-state index contributed by atoms with van der Waals surface area (Å²) in [6.45, 7) is 2.05. The molecule has 132 valence electrons. The highest BCUT2D eigenvalue weighted by atomic mass is 16.5. The summed E-state index contributed by atoms with van der Waals surface area (Å²) in [5, 5.41) is 9.18. The summed E-state index contributed by atoms with van der Waals surface area (Å²) in [5.41, 5.74) is 7.76. The highest BCUT2D eigenvalue weighted by molar-refractivity contribution is 5.90. The van der Waals surface area contributed by atoms with Gasteiger partial charge >= 0.3 is 6.09 Å². The first-order valence-electron chi connectivity index (χ1n) is 8.44. The normalized spacial score (nSPS) is 14.2. The van der Waals surface area contributed by atoms with E-state index < -0.39 is 6.09 Å². The second-order valence-electron chi connectivity index (χ2n) is 6.18. The standard InChI is InChI=1S/C19H23N3O3/c1-21(19(23)24)17-13-14(9-10-15(17)20)25-18-8-4-3-7-16(18)22-11-5-2-6-12-22/h3-4,7-10,13H,2,5-6,11-12,20H2,1H3,(H,23,24). The Morgan fingerprint density at radius 1 is 1.16 bits per heavy atom. The van der Waals surface area contributed by atoms with Gasteiger partial charge < -0.3 is 20.5 Å². The van der Waals surface area contributed by atoms with Crippen LogP contribution in [-0.4, -0.2) is 31.3 Å². The van der Waals surface area contributed by atoms with Crippen molar-refractivity contribution >= 4 is 23.2 Å². The highest BCUT2D eigenvalue weighted by Crippen LogP contribution is 2.36. The van der Waals surface area contributed by atoms with Crippen molar-refractivity contribution in [3.05, 3.63) is 42.5 Å². The molecule has 0 spiro atoms. The fraction of sp³-hybridized carbons (Fsp3) is 0.316. The monoisotopic (exact) mass is 341 g/mol. The largest absolute Gasteiger partial charge is 0.465 e. The number of carboxylic acid groups (broad SMARTS) is 1. The fourth-order valence-corrected chi connectivity index (χ4v) is 3.05. The topological polar surface area (TPSA) is 79.0 Å². The number of hydrogen-bond acceptors (Lipinski definition) is 4. The number of benzene rings is 2. The number of carbonyl (C=O) groups is 1. The van der Waals surface area contributed by atoms with E-state index in [1.807, 2.05) is 18.2 Å². The molecule has 3 N–H and O–H groups in total. The molecule has 1 aliphatic rings. The number of nitrogens with two attached hydrogens (primary N) is 1. The van der Waals surface area contributed by atoms with Gasteiger partial charge in [0.05, 0.1) is 17.1 Å². The summed E-state index contributed by atoms with van der Waals surface area (Å²) in [5.74, 6) is 1.32. The molecule has 2 aromatic carbocycles. The molecule has 3 rings (SSSR count). The van der Waals surface area contributed by atoms with Crippen LogP contribution in [0.2, 0.25) is 0 Å². The average Bonchev–Trinajstić information content (AvgIpc) is 2.64. The van der Waals surface area contributed by atoms with Crippen LogP contribution in [0, 0.1) is 0 Å². The minimum absolute atomic E-state index is 0.390. The van der Waals surface area contributed by atoms with Gasteiger partial charge in [0.25, 0.3) is 0 Å². The lowest BCUT2D eigenvalue weighted by atomic mass is 10.1. The molecule has 1 amide bonds. The summed E-state index contributed by atoms with van der Waals surface area (Å²) < 4.78 is 6.07. The average molecular weight is 341 g/mol. The summed E-state index contributed by atoms with van der Waals surface area (Å²) in [4.78, 5) is 14.6. The molecule has 0 aromatic heterocycles. The maximum absolute atomic E-state index is 11.2. The molecule has 0 atom stereocenters. The van der Waals surface area contributed by atoms with Crippen molar-refractivity contribution in [1.82, 2.24) is 0 Å². The number of para-hydroxylation sites is 2. The van der Waals surface area contributed by atoms with E-state index in [9.17, 15) is 9.90 Å². The number of hydrogen-bond donors (Lipinski definition) is 2. The zero-order chi connectivity index (χ0) is 17.8. The molecule has 25 heavy (non-hydrogen) atoms. The van der Waals surface area contributed by atoms with E-state index in [0.717, 1.165) is 29.4 Å². The van der Waals surface area contributed by atoms with Crippen LogP contribution in [0.5, 0.6) is 11.5 Å². The van der Waals surface area contributed by atoms with Gasteiger partial charge in [-0.3, -0.25) is 4.90 Å². The zero-order valence-electron chi connectivity index (χ0n) is 14.3. The van der Waals surface area contributed by atoms with Gasteiger partial charge in [0.1, 0.15) is 5.75 Å². The molecule has 0 radical (unpaired) electrons. The van der Waals surface area contributed by atoms with E-state index in [4.69, 9.17) is 10.5 Å². The van der Waals surface area contributed by atoms with E-state index in [1.54, 1.807) is 18.2 Å². The molecule has 1 heterocycles. The molecule has 0 aliphatic carbocycles. The Morgan fingerprint density at radius 2 is 1.88 bits per heavy atom. The van der Waals surface area contributed by atoms with E-state index in [1.165, 1.54) is 26.3 Å². The van der Waals surface area contributed by atoms with Crippen LogP contribution in [0.25, 0.3) is 0 Å². The minimum Gasteiger partial charge on any atom is -0.465 e. The third-order valence-electron chi connectivity index (χ3n) is 4.44. The molecular weight excluding hydrogens is 318 g/mol. The van der Waals surface area contributed by atoms with Crippen molar-refractivity contribution in [2.75, 3.05) is 35.7 Å². The first kappa shape index (κ1) is 17.0. The van der Waals surface area contributed by atoms with E-state index in [2.05, 4.69) is 11.0 Å². The number of piperidine rings is 1. The van der Waals surface area contributed by atoms with Crippen LogP contribution in [0.15, 0.2) is 42.5 Å². The molecule has 1 saturated heterocycles. The lowest BCUT2D eigenvalue weighted by Crippen LogP contribution is -2.29. The van der Waals surface area contributed by atoms with E-state index >= 15 is 0 Å². The van der Waals surface area contributed by atoms with Crippen LogP contribution in [0.4, 0.5) is 21.9 Å². The first-order valence-corrected chi connectivity index (χ1v) is 8.44. The van der Waals surface area contributed by atoms with Crippen molar-refractivity contribution < 1.29 is 14.6 Å². The highest BCUT2D eigenvalue weighted by Gasteiger charge is 2.17. The van der Waals surface area contributed by atoms with Crippen molar-refractivity contribution in [2.45, 2.75) is 19.3 Å². The molecule has 6 heteroatoms. The molecular formula is C19H23N3O3. The van der Waals surface area contributed by atoms with Crippen molar-refractivity contribution in [3.8, 4) is 11.5 Å². The second kappa shape index (κ2) is 7.34. The van der Waals surface area contributed by atoms with Gasteiger partial charge in [-0.05, 0) is 43.5 Å². The van der Waals surface area contributed by atoms with Crippen LogP contribution in [0.1, 0.15) is 19.3 Å². The molecule has 1 fully saturated rings. The van der Waals surface area contributed by atoms with E-state index in [0.29, 0.717) is 17.1 Å². The van der Waals surface area contributed by atoms with Gasteiger partial charge in [-0.1, -0.05) is 12.1 Å². The molecule has 0 bridgehead atoms. The summed E-state index contributed by atoms with van der Waals surface area (Å²) in [6.07, 6.45) is 2.56. The van der Waals surface area contributed by atoms with Gasteiger partial charge in [-0.15, -0.1) is 0 Å². The zero-order valence-corrected chi connectivity index (χ0v) is 14.3. The Kier molecular flexibility index (Phi) is 4.97. The quantitative estimate of drug-likeness (QED) is 0.816. The predicted octanol–water partition coefficient (Wildman–Crippen LogP) is 4.17. The summed E-state index contributed by atoms with van der Waals surface area (Å²) in [6, 6.07) is 13.0. The second-order valence-corrected chi connectivity index (χ2v) is 6.18. The minimum atomic E-state index is -1.07. The number of rotatable bonds is 4. The van der Waals surface area contributed by atoms with Crippen molar-refractivity contribution in [2.24, 2.45) is 0 Å². The Bertz CT molecular complexity index is 757. The fourth-order valence-electron chi connectivity index (χ4n) is 3.05. The third kappa shape index (κ3) is 3.79. The predicted molar refractivity (Wildman–Crippen MR) is 99.9 cm³/mol. The SMILES string of the molecule is CN(C(=O)O)c1cc(Oc2ccccc2N2CCCCC2)ccc1N. The lowest BCUT2D eigenvalue weighted by Gasteiger charge is -2.30. The Balaban J connectivity index is 1.88. The summed E-state index contributed by atoms with van der Waals surface area (Å²) in [7, 11) is 1.46. The Morgan fingerprint density at radius 3 is 2.60 bits per heavy atom. The molecule has 1 aliphatic heterocycles. The number of ether oxygens (including phenoxy) is 1. The summed E-state index contributed by atoms with van der Waals surface area (Å²) >= 11 is 0. The lowest BCUT2D eigenvalue weighted by molar-refractivity contribution is 0.203. The molecule has 6 nitrogen and oxygen atoms in total.